The number of aromatic nitrogens is 2. The molecule has 0 aliphatic heterocycles. The Labute approximate surface area is 156 Å². The molecule has 2 aliphatic rings. The Morgan fingerprint density at radius 3 is 2.37 bits per heavy atom. The van der Waals surface area contributed by atoms with Crippen LogP contribution in [0, 0.1) is 11.8 Å². The highest BCUT2D eigenvalue weighted by Crippen LogP contribution is 2.56. The average Bonchev–Trinajstić information content (AvgIpc) is 3.35. The van der Waals surface area contributed by atoms with Crippen molar-refractivity contribution in [2.45, 2.75) is 76.6 Å². The van der Waals surface area contributed by atoms with Crippen molar-refractivity contribution in [1.29, 1.82) is 0 Å². The van der Waals surface area contributed by atoms with E-state index in [2.05, 4.69) is 24.3 Å². The van der Waals surface area contributed by atoms with Crippen LogP contribution in [-0.4, -0.2) is 27.5 Å². The molecule has 0 unspecified atom stereocenters. The predicted molar refractivity (Wildman–Crippen MR) is 94.2 cm³/mol. The topological polar surface area (TPSA) is 46.9 Å². The highest BCUT2D eigenvalue weighted by atomic mass is 19.3. The first kappa shape index (κ1) is 20.1. The Balaban J connectivity index is 1.77. The van der Waals surface area contributed by atoms with Gasteiger partial charge in [-0.1, -0.05) is 13.8 Å². The van der Waals surface area contributed by atoms with Crippen molar-refractivity contribution in [3.63, 3.8) is 0 Å². The fourth-order valence-corrected chi connectivity index (χ4v) is 3.96. The molecule has 1 amide bonds. The molecular formula is C19H27F4N3O. The third kappa shape index (κ3) is 3.72. The molecule has 0 saturated heterocycles. The largest absolute Gasteiger partial charge is 0.313 e. The van der Waals surface area contributed by atoms with E-state index in [1.54, 1.807) is 11.7 Å². The molecule has 152 valence electrons. The Hall–Kier alpha value is -1.60. The lowest BCUT2D eigenvalue weighted by Crippen LogP contribution is -2.59. The van der Waals surface area contributed by atoms with Crippen LogP contribution in [-0.2, 0) is 18.3 Å². The molecule has 1 heterocycles. The second-order valence-electron chi connectivity index (χ2n) is 7.97. The van der Waals surface area contributed by atoms with Crippen LogP contribution in [0.3, 0.4) is 0 Å². The molecule has 0 radical (unpaired) electrons. The van der Waals surface area contributed by atoms with Crippen LogP contribution < -0.4 is 5.32 Å². The van der Waals surface area contributed by atoms with E-state index in [0.29, 0.717) is 11.7 Å². The highest BCUT2D eigenvalue weighted by molar-refractivity contribution is 5.91. The maximum Gasteiger partial charge on any atom is 0.313 e. The molecule has 2 saturated carbocycles. The normalized spacial score (nSPS) is 23.3. The summed E-state index contributed by atoms with van der Waals surface area (Å²) in [6, 6.07) is 0. The Morgan fingerprint density at radius 2 is 1.89 bits per heavy atom. The zero-order valence-corrected chi connectivity index (χ0v) is 16.0. The van der Waals surface area contributed by atoms with E-state index in [0.717, 1.165) is 30.5 Å². The SMILES string of the molecule is CCC(CC)c1c(CC2CC2)nn(C)c1NC(=O)C[C@@H]1CC(F)(F)C1(F)F. The van der Waals surface area contributed by atoms with Crippen molar-refractivity contribution < 1.29 is 22.4 Å². The summed E-state index contributed by atoms with van der Waals surface area (Å²) < 4.78 is 54.6. The number of rotatable bonds is 8. The van der Waals surface area contributed by atoms with Gasteiger partial charge in [0.15, 0.2) is 0 Å². The lowest BCUT2D eigenvalue weighted by molar-refractivity contribution is -0.313. The molecule has 1 aromatic rings. The summed E-state index contributed by atoms with van der Waals surface area (Å²) in [6.45, 7) is 4.12. The molecule has 2 aliphatic carbocycles. The molecule has 2 fully saturated rings. The first-order valence-electron chi connectivity index (χ1n) is 9.71. The number of nitrogens with zero attached hydrogens (tertiary/aromatic N) is 2. The van der Waals surface area contributed by atoms with Crippen molar-refractivity contribution in [3.8, 4) is 0 Å². The number of carbonyl (C=O) groups excluding carboxylic acids is 1. The first-order chi connectivity index (χ1) is 12.6. The molecule has 1 N–H and O–H groups in total. The van der Waals surface area contributed by atoms with Gasteiger partial charge in [-0.3, -0.25) is 9.48 Å². The number of aryl methyl sites for hydroxylation is 1. The fourth-order valence-electron chi connectivity index (χ4n) is 3.96. The van der Waals surface area contributed by atoms with Crippen molar-refractivity contribution >= 4 is 11.7 Å². The monoisotopic (exact) mass is 389 g/mol. The zero-order chi connectivity index (χ0) is 20.0. The third-order valence-electron chi connectivity index (χ3n) is 5.93. The zero-order valence-electron chi connectivity index (χ0n) is 16.0. The highest BCUT2D eigenvalue weighted by Gasteiger charge is 2.71. The fraction of sp³-hybridized carbons (Fsp3) is 0.789. The summed E-state index contributed by atoms with van der Waals surface area (Å²) in [7, 11) is 1.71. The predicted octanol–water partition coefficient (Wildman–Crippen LogP) is 4.90. The molecule has 0 aromatic carbocycles. The van der Waals surface area contributed by atoms with Crippen LogP contribution in [0.1, 0.15) is 69.5 Å². The van der Waals surface area contributed by atoms with Crippen LogP contribution >= 0.6 is 0 Å². The standard InChI is InChI=1S/C19H27F4N3O/c1-4-12(5-2)16-14(8-11-6-7-11)25-26(3)17(16)24-15(27)9-13-10-18(20,21)19(13,22)23/h11-13H,4-10H2,1-3H3,(H,24,27)/t13-/m1/s1. The number of anilines is 1. The maximum absolute atomic E-state index is 13.5. The van der Waals surface area contributed by atoms with Gasteiger partial charge in [-0.2, -0.15) is 22.7 Å². The van der Waals surface area contributed by atoms with E-state index in [-0.39, 0.29) is 5.92 Å². The summed E-state index contributed by atoms with van der Waals surface area (Å²) in [4.78, 5) is 12.3. The van der Waals surface area contributed by atoms with Crippen LogP contribution in [0.25, 0.3) is 0 Å². The van der Waals surface area contributed by atoms with E-state index < -0.39 is 36.5 Å². The van der Waals surface area contributed by atoms with Crippen LogP contribution in [0.15, 0.2) is 0 Å². The van der Waals surface area contributed by atoms with Gasteiger partial charge in [0.05, 0.1) is 5.69 Å². The van der Waals surface area contributed by atoms with E-state index in [1.165, 1.54) is 12.8 Å². The molecular weight excluding hydrogens is 362 g/mol. The number of halogens is 4. The second-order valence-corrected chi connectivity index (χ2v) is 7.97. The molecule has 8 heteroatoms. The summed E-state index contributed by atoms with van der Waals surface area (Å²) in [5.41, 5.74) is 1.91. The van der Waals surface area contributed by atoms with Crippen LogP contribution in [0.2, 0.25) is 0 Å². The maximum atomic E-state index is 13.5. The molecule has 27 heavy (non-hydrogen) atoms. The molecule has 0 spiro atoms. The van der Waals surface area contributed by atoms with Gasteiger partial charge in [0, 0.05) is 31.4 Å². The lowest BCUT2D eigenvalue weighted by atomic mass is 9.74. The van der Waals surface area contributed by atoms with Gasteiger partial charge in [0.2, 0.25) is 5.91 Å². The molecule has 3 rings (SSSR count). The van der Waals surface area contributed by atoms with Crippen molar-refractivity contribution in [2.75, 3.05) is 5.32 Å². The minimum absolute atomic E-state index is 0.206. The Bertz CT molecular complexity index is 708. The second kappa shape index (κ2) is 7.09. The Kier molecular flexibility index (Phi) is 5.29. The molecule has 0 bridgehead atoms. The minimum Gasteiger partial charge on any atom is -0.311 e. The number of hydrogen-bond acceptors (Lipinski definition) is 2. The van der Waals surface area contributed by atoms with Gasteiger partial charge in [-0.15, -0.1) is 0 Å². The molecule has 1 atom stereocenters. The van der Waals surface area contributed by atoms with Gasteiger partial charge in [-0.05, 0) is 43.9 Å². The summed E-state index contributed by atoms with van der Waals surface area (Å²) in [5.74, 6) is -9.08. The first-order valence-corrected chi connectivity index (χ1v) is 9.71. The van der Waals surface area contributed by atoms with Gasteiger partial charge >= 0.3 is 11.8 Å². The number of nitrogens with one attached hydrogen (secondary N) is 1. The van der Waals surface area contributed by atoms with Gasteiger partial charge < -0.3 is 5.32 Å². The Morgan fingerprint density at radius 1 is 1.26 bits per heavy atom. The summed E-state index contributed by atoms with van der Waals surface area (Å²) >= 11 is 0. The number of hydrogen-bond donors (Lipinski definition) is 1. The van der Waals surface area contributed by atoms with Crippen molar-refractivity contribution in [2.24, 2.45) is 18.9 Å². The summed E-state index contributed by atoms with van der Waals surface area (Å²) in [6.07, 6.45) is 3.37. The van der Waals surface area contributed by atoms with Gasteiger partial charge in [0.1, 0.15) is 5.82 Å². The van der Waals surface area contributed by atoms with Crippen molar-refractivity contribution in [3.05, 3.63) is 11.3 Å². The number of alkyl halides is 4. The van der Waals surface area contributed by atoms with E-state index >= 15 is 0 Å². The van der Waals surface area contributed by atoms with E-state index in [9.17, 15) is 22.4 Å². The van der Waals surface area contributed by atoms with E-state index in [4.69, 9.17) is 0 Å². The minimum atomic E-state index is -4.12. The quantitative estimate of drug-likeness (QED) is 0.643. The van der Waals surface area contributed by atoms with Crippen LogP contribution in [0.5, 0.6) is 0 Å². The average molecular weight is 389 g/mol. The third-order valence-corrected chi connectivity index (χ3v) is 5.93. The summed E-state index contributed by atoms with van der Waals surface area (Å²) in [5, 5.41) is 7.25. The smallest absolute Gasteiger partial charge is 0.311 e. The van der Waals surface area contributed by atoms with Crippen molar-refractivity contribution in [1.82, 2.24) is 9.78 Å². The molecule has 1 aromatic heterocycles. The number of carbonyl (C=O) groups is 1. The lowest BCUT2D eigenvalue weighted by Gasteiger charge is -2.43. The number of amides is 1. The molecule has 4 nitrogen and oxygen atoms in total. The van der Waals surface area contributed by atoms with Gasteiger partial charge in [0.25, 0.3) is 0 Å². The van der Waals surface area contributed by atoms with Gasteiger partial charge in [-0.25, -0.2) is 0 Å². The van der Waals surface area contributed by atoms with E-state index in [1.807, 2.05) is 0 Å². The van der Waals surface area contributed by atoms with Crippen LogP contribution in [0.4, 0.5) is 23.4 Å².